The minimum Gasteiger partial charge on any atom is -0.493 e. The molecule has 0 N–H and O–H groups in total. The average molecular weight is 484 g/mol. The van der Waals surface area contributed by atoms with Crippen LogP contribution in [0.4, 0.5) is 0 Å². The molecule has 33 heavy (non-hydrogen) atoms. The first-order chi connectivity index (χ1) is 16.3. The average Bonchev–Trinajstić information content (AvgIpc) is 3.63. The van der Waals surface area contributed by atoms with Crippen molar-refractivity contribution in [2.24, 2.45) is 0 Å². The second-order valence-electron chi connectivity index (χ2n) is 7.82. The highest BCUT2D eigenvalue weighted by Gasteiger charge is 2.25. The van der Waals surface area contributed by atoms with Crippen molar-refractivity contribution in [1.82, 2.24) is 24.9 Å². The van der Waals surface area contributed by atoms with Crippen molar-refractivity contribution in [1.29, 1.82) is 0 Å². The molecule has 3 heterocycles. The van der Waals surface area contributed by atoms with Crippen molar-refractivity contribution >= 4 is 23.1 Å². The van der Waals surface area contributed by atoms with Crippen molar-refractivity contribution in [3.05, 3.63) is 41.5 Å². The van der Waals surface area contributed by atoms with Crippen LogP contribution < -0.4 is 9.47 Å². The number of benzene rings is 1. The molecule has 0 radical (unpaired) electrons. The molecular formula is C23H25N5O3S2. The molecule has 0 bridgehead atoms. The summed E-state index contributed by atoms with van der Waals surface area (Å²) in [4.78, 5) is 5.51. The van der Waals surface area contributed by atoms with Crippen LogP contribution in [0, 0.1) is 0 Å². The summed E-state index contributed by atoms with van der Waals surface area (Å²) >= 11 is 3.17. The Morgan fingerprint density at radius 1 is 1.09 bits per heavy atom. The van der Waals surface area contributed by atoms with E-state index in [4.69, 9.17) is 14.0 Å². The third-order valence-electron chi connectivity index (χ3n) is 5.78. The van der Waals surface area contributed by atoms with Crippen LogP contribution in [-0.4, -0.2) is 39.1 Å². The van der Waals surface area contributed by atoms with Gasteiger partial charge in [-0.15, -0.1) is 21.5 Å². The second kappa shape index (κ2) is 9.96. The Bertz CT molecular complexity index is 1200. The van der Waals surface area contributed by atoms with Gasteiger partial charge in [-0.2, -0.15) is 4.98 Å². The number of nitrogens with zero attached hydrogens (tertiary/aromatic N) is 5. The topological polar surface area (TPSA) is 88.1 Å². The van der Waals surface area contributed by atoms with Gasteiger partial charge in [-0.25, -0.2) is 0 Å². The molecule has 0 aliphatic heterocycles. The van der Waals surface area contributed by atoms with Gasteiger partial charge in [0.15, 0.2) is 28.3 Å². The Labute approximate surface area is 200 Å². The van der Waals surface area contributed by atoms with Gasteiger partial charge in [0.05, 0.1) is 24.8 Å². The van der Waals surface area contributed by atoms with Crippen molar-refractivity contribution in [2.45, 2.75) is 49.1 Å². The number of hydrogen-bond acceptors (Lipinski definition) is 9. The van der Waals surface area contributed by atoms with Crippen molar-refractivity contribution in [3.63, 3.8) is 0 Å². The molecule has 1 aliphatic rings. The summed E-state index contributed by atoms with van der Waals surface area (Å²) in [5.74, 6) is 3.98. The first kappa shape index (κ1) is 22.0. The van der Waals surface area contributed by atoms with E-state index in [1.54, 1.807) is 37.3 Å². The van der Waals surface area contributed by atoms with Gasteiger partial charge in [0.1, 0.15) is 0 Å². The number of thiophene rings is 1. The van der Waals surface area contributed by atoms with Crippen LogP contribution in [-0.2, 0) is 5.75 Å². The summed E-state index contributed by atoms with van der Waals surface area (Å²) in [6.07, 6.45) is 5.95. The molecular weight excluding hydrogens is 458 g/mol. The van der Waals surface area contributed by atoms with Crippen LogP contribution in [0.3, 0.4) is 0 Å². The SMILES string of the molecule is COc1ccc(-c2nnc(SCc3noc(-c4cccs4)n3)n2C2CCCCC2)cc1OC. The summed E-state index contributed by atoms with van der Waals surface area (Å²) in [6, 6.07) is 10.2. The number of methoxy groups -OCH3 is 2. The Balaban J connectivity index is 1.43. The number of thioether (sulfide) groups is 1. The highest BCUT2D eigenvalue weighted by Crippen LogP contribution is 2.38. The van der Waals surface area contributed by atoms with E-state index in [9.17, 15) is 0 Å². The molecule has 172 valence electrons. The van der Waals surface area contributed by atoms with E-state index in [0.29, 0.717) is 35.0 Å². The van der Waals surface area contributed by atoms with Crippen LogP contribution in [0.15, 0.2) is 45.4 Å². The third kappa shape index (κ3) is 4.63. The number of aromatic nitrogens is 5. The van der Waals surface area contributed by atoms with Crippen LogP contribution >= 0.6 is 23.1 Å². The zero-order valence-electron chi connectivity index (χ0n) is 18.6. The summed E-state index contributed by atoms with van der Waals surface area (Å²) < 4.78 is 18.6. The summed E-state index contributed by atoms with van der Waals surface area (Å²) in [6.45, 7) is 0. The van der Waals surface area contributed by atoms with Gasteiger partial charge in [-0.1, -0.05) is 42.2 Å². The summed E-state index contributed by atoms with van der Waals surface area (Å²) in [5.41, 5.74) is 0.956. The van der Waals surface area contributed by atoms with Gasteiger partial charge in [-0.3, -0.25) is 4.57 Å². The molecule has 1 aliphatic carbocycles. The molecule has 1 saturated carbocycles. The second-order valence-corrected chi connectivity index (χ2v) is 9.71. The monoisotopic (exact) mass is 483 g/mol. The van der Waals surface area contributed by atoms with E-state index >= 15 is 0 Å². The molecule has 3 aromatic heterocycles. The Morgan fingerprint density at radius 2 is 1.94 bits per heavy atom. The molecule has 0 atom stereocenters. The zero-order valence-corrected chi connectivity index (χ0v) is 20.2. The maximum atomic E-state index is 5.52. The fourth-order valence-electron chi connectivity index (χ4n) is 4.16. The van der Waals surface area contributed by atoms with E-state index in [1.807, 2.05) is 35.7 Å². The fraction of sp³-hybridized carbons (Fsp3) is 0.391. The van der Waals surface area contributed by atoms with Crippen molar-refractivity contribution in [3.8, 4) is 33.7 Å². The Hall–Kier alpha value is -2.85. The highest BCUT2D eigenvalue weighted by atomic mass is 32.2. The van der Waals surface area contributed by atoms with Gasteiger partial charge in [-0.05, 0) is 42.5 Å². The van der Waals surface area contributed by atoms with Crippen LogP contribution in [0.25, 0.3) is 22.2 Å². The van der Waals surface area contributed by atoms with Crippen LogP contribution in [0.1, 0.15) is 44.0 Å². The van der Waals surface area contributed by atoms with Gasteiger partial charge >= 0.3 is 0 Å². The normalized spacial score (nSPS) is 14.5. The first-order valence-electron chi connectivity index (χ1n) is 10.9. The predicted molar refractivity (Wildman–Crippen MR) is 128 cm³/mol. The summed E-state index contributed by atoms with van der Waals surface area (Å²) in [5, 5.41) is 16.2. The maximum absolute atomic E-state index is 5.52. The lowest BCUT2D eigenvalue weighted by Crippen LogP contribution is -2.15. The minimum absolute atomic E-state index is 0.367. The number of rotatable bonds is 8. The van der Waals surface area contributed by atoms with E-state index in [1.165, 1.54) is 19.3 Å². The van der Waals surface area contributed by atoms with Crippen molar-refractivity contribution < 1.29 is 14.0 Å². The number of hydrogen-bond donors (Lipinski definition) is 0. The molecule has 0 unspecified atom stereocenters. The molecule has 0 spiro atoms. The molecule has 0 saturated heterocycles. The standard InChI is InChI=1S/C23H25N5O3S2/c1-29-17-11-10-15(13-18(17)30-2)21-25-26-23(28(21)16-7-4-3-5-8-16)33-14-20-24-22(31-27-20)19-9-6-12-32-19/h6,9-13,16H,3-5,7-8,14H2,1-2H3. The lowest BCUT2D eigenvalue weighted by Gasteiger charge is -2.25. The van der Waals surface area contributed by atoms with E-state index in [0.717, 1.165) is 34.3 Å². The number of ether oxygens (including phenoxy) is 2. The van der Waals surface area contributed by atoms with Gasteiger partial charge < -0.3 is 14.0 Å². The summed E-state index contributed by atoms with van der Waals surface area (Å²) in [7, 11) is 3.28. The molecule has 1 fully saturated rings. The van der Waals surface area contributed by atoms with E-state index < -0.39 is 0 Å². The molecule has 10 heteroatoms. The largest absolute Gasteiger partial charge is 0.493 e. The molecule has 0 amide bonds. The lowest BCUT2D eigenvalue weighted by atomic mass is 9.95. The maximum Gasteiger partial charge on any atom is 0.268 e. The van der Waals surface area contributed by atoms with Crippen LogP contribution in [0.5, 0.6) is 11.5 Å². The first-order valence-corrected chi connectivity index (χ1v) is 12.8. The van der Waals surface area contributed by atoms with E-state index in [2.05, 4.69) is 24.9 Å². The third-order valence-corrected chi connectivity index (χ3v) is 7.57. The predicted octanol–water partition coefficient (Wildman–Crippen LogP) is 5.87. The van der Waals surface area contributed by atoms with Gasteiger partial charge in [0.25, 0.3) is 5.89 Å². The Kier molecular flexibility index (Phi) is 6.63. The van der Waals surface area contributed by atoms with Gasteiger partial charge in [0.2, 0.25) is 0 Å². The zero-order chi connectivity index (χ0) is 22.6. The highest BCUT2D eigenvalue weighted by molar-refractivity contribution is 7.98. The molecule has 8 nitrogen and oxygen atoms in total. The lowest BCUT2D eigenvalue weighted by molar-refractivity contribution is 0.339. The van der Waals surface area contributed by atoms with Gasteiger partial charge in [0, 0.05) is 11.6 Å². The molecule has 5 rings (SSSR count). The Morgan fingerprint density at radius 3 is 2.70 bits per heavy atom. The molecule has 1 aromatic carbocycles. The minimum atomic E-state index is 0.367. The quantitative estimate of drug-likeness (QED) is 0.288. The van der Waals surface area contributed by atoms with Crippen molar-refractivity contribution in [2.75, 3.05) is 14.2 Å². The van der Waals surface area contributed by atoms with Crippen LogP contribution in [0.2, 0.25) is 0 Å². The smallest absolute Gasteiger partial charge is 0.268 e. The molecule has 4 aromatic rings. The van der Waals surface area contributed by atoms with E-state index in [-0.39, 0.29) is 0 Å². The fourth-order valence-corrected chi connectivity index (χ4v) is 5.65.